The number of benzene rings is 2. The molecule has 0 radical (unpaired) electrons. The minimum atomic E-state index is 0.300. The predicted octanol–water partition coefficient (Wildman–Crippen LogP) is 6.07. The summed E-state index contributed by atoms with van der Waals surface area (Å²) >= 11 is 6.34. The zero-order chi connectivity index (χ0) is 33.2. The Morgan fingerprint density at radius 2 is 1.21 bits per heavy atom. The van der Waals surface area contributed by atoms with Crippen LogP contribution in [0.1, 0.15) is 49.7 Å². The standard InChI is InChI=1S/C18H25N5O.C17H22ClN5/c1-20-16-12-17(22-18(19)21-16)23-10-6-5-8-14(23)11-13-7-3-4-9-15(13)24-2;1-20-15-11-16(22-17(19)21-15)23-9-5-4-7-13(23)10-12-6-2-3-8-14(12)18/h3-4,7,9,12,14H,5-6,8,10-11H2,1-2H3,(H3,19,20,21,22);2-3,6,8,11,13H,4-5,7,9-10H2,1H3,(H3,19,20,21,22)/t14-;/m1./s1. The van der Waals surface area contributed by atoms with E-state index in [4.69, 9.17) is 27.8 Å². The van der Waals surface area contributed by atoms with E-state index in [1.807, 2.05) is 56.6 Å². The number of ether oxygens (including phenoxy) is 1. The van der Waals surface area contributed by atoms with Crippen LogP contribution < -0.4 is 36.6 Å². The summed E-state index contributed by atoms with van der Waals surface area (Å²) < 4.78 is 5.51. The topological polar surface area (TPSA) is 143 Å². The minimum absolute atomic E-state index is 0.300. The van der Waals surface area contributed by atoms with Gasteiger partial charge in [0, 0.05) is 56.4 Å². The Kier molecular flexibility index (Phi) is 11.8. The van der Waals surface area contributed by atoms with Crippen LogP contribution in [0.4, 0.5) is 35.2 Å². The highest BCUT2D eigenvalue weighted by Gasteiger charge is 2.27. The van der Waals surface area contributed by atoms with Crippen LogP contribution in [0.15, 0.2) is 60.7 Å². The molecule has 2 aliphatic rings. The van der Waals surface area contributed by atoms with E-state index in [1.54, 1.807) is 7.11 Å². The third kappa shape index (κ3) is 8.85. The highest BCUT2D eigenvalue weighted by molar-refractivity contribution is 6.31. The Hall–Kier alpha value is -4.51. The molecule has 6 N–H and O–H groups in total. The van der Waals surface area contributed by atoms with Crippen molar-refractivity contribution in [2.45, 2.75) is 63.5 Å². The predicted molar refractivity (Wildman–Crippen MR) is 194 cm³/mol. The van der Waals surface area contributed by atoms with Crippen LogP contribution in [-0.4, -0.2) is 66.3 Å². The summed E-state index contributed by atoms with van der Waals surface area (Å²) in [7, 11) is 5.40. The van der Waals surface area contributed by atoms with Crippen molar-refractivity contribution in [2.75, 3.05) is 66.2 Å². The van der Waals surface area contributed by atoms with E-state index < -0.39 is 0 Å². The fourth-order valence-electron chi connectivity index (χ4n) is 6.53. The molecule has 0 saturated carbocycles. The molecule has 0 spiro atoms. The van der Waals surface area contributed by atoms with Crippen molar-refractivity contribution in [2.24, 2.45) is 0 Å². The molecule has 2 aromatic carbocycles. The lowest BCUT2D eigenvalue weighted by atomic mass is 9.95. The normalized spacial score (nSPS) is 17.8. The first-order valence-electron chi connectivity index (χ1n) is 16.4. The van der Waals surface area contributed by atoms with E-state index in [-0.39, 0.29) is 0 Å². The van der Waals surface area contributed by atoms with Crippen molar-refractivity contribution in [1.82, 2.24) is 19.9 Å². The van der Waals surface area contributed by atoms with Crippen LogP contribution >= 0.6 is 11.6 Å². The maximum atomic E-state index is 6.34. The van der Waals surface area contributed by atoms with Crippen molar-refractivity contribution in [3.05, 3.63) is 76.8 Å². The van der Waals surface area contributed by atoms with Gasteiger partial charge in [0.1, 0.15) is 29.0 Å². The van der Waals surface area contributed by atoms with Gasteiger partial charge >= 0.3 is 0 Å². The summed E-state index contributed by atoms with van der Waals surface area (Å²) in [5, 5.41) is 6.92. The number of nitrogens with zero attached hydrogens (tertiary/aromatic N) is 6. The van der Waals surface area contributed by atoms with Crippen LogP contribution in [0, 0.1) is 0 Å². The summed E-state index contributed by atoms with van der Waals surface area (Å²) in [5.74, 6) is 4.83. The third-order valence-corrected chi connectivity index (χ3v) is 9.25. The molecule has 250 valence electrons. The average molecular weight is 659 g/mol. The summed E-state index contributed by atoms with van der Waals surface area (Å²) in [6.07, 6.45) is 8.90. The Morgan fingerprint density at radius 1 is 0.723 bits per heavy atom. The molecular formula is C35H47ClN10O. The molecule has 12 heteroatoms. The molecule has 4 heterocycles. The Morgan fingerprint density at radius 3 is 1.72 bits per heavy atom. The first-order valence-corrected chi connectivity index (χ1v) is 16.8. The van der Waals surface area contributed by atoms with Crippen LogP contribution in [0.5, 0.6) is 5.75 Å². The SMILES string of the molecule is CNc1cc(N2CCCCC2Cc2ccccc2Cl)nc(N)n1.CNc1cc(N2CCCC[C@@H]2Cc2ccccc2OC)nc(N)n1. The lowest BCUT2D eigenvalue weighted by Crippen LogP contribution is -2.41. The largest absolute Gasteiger partial charge is 0.496 e. The van der Waals surface area contributed by atoms with Crippen LogP contribution in [0.25, 0.3) is 0 Å². The first-order chi connectivity index (χ1) is 22.9. The average Bonchev–Trinajstić information content (AvgIpc) is 3.09. The minimum Gasteiger partial charge on any atom is -0.496 e. The van der Waals surface area contributed by atoms with E-state index in [2.05, 4.69) is 58.6 Å². The third-order valence-electron chi connectivity index (χ3n) is 8.88. The van der Waals surface area contributed by atoms with Gasteiger partial charge < -0.3 is 36.6 Å². The number of para-hydroxylation sites is 1. The van der Waals surface area contributed by atoms with Gasteiger partial charge in [0.05, 0.1) is 7.11 Å². The van der Waals surface area contributed by atoms with E-state index in [0.29, 0.717) is 24.0 Å². The number of piperidine rings is 2. The zero-order valence-corrected chi connectivity index (χ0v) is 28.4. The van der Waals surface area contributed by atoms with Gasteiger partial charge in [-0.25, -0.2) is 0 Å². The van der Waals surface area contributed by atoms with Gasteiger partial charge in [-0.2, -0.15) is 19.9 Å². The van der Waals surface area contributed by atoms with Gasteiger partial charge in [-0.1, -0.05) is 48.0 Å². The number of halogens is 1. The molecule has 2 atom stereocenters. The number of methoxy groups -OCH3 is 1. The fourth-order valence-corrected chi connectivity index (χ4v) is 6.74. The lowest BCUT2D eigenvalue weighted by molar-refractivity contribution is 0.400. The molecule has 2 saturated heterocycles. The maximum absolute atomic E-state index is 6.34. The van der Waals surface area contributed by atoms with Crippen molar-refractivity contribution in [1.29, 1.82) is 0 Å². The Balaban J connectivity index is 0.000000185. The number of hydrogen-bond donors (Lipinski definition) is 4. The van der Waals surface area contributed by atoms with Crippen LogP contribution in [-0.2, 0) is 12.8 Å². The molecule has 1 unspecified atom stereocenters. The number of anilines is 6. The first kappa shape index (κ1) is 33.8. The van der Waals surface area contributed by atoms with Gasteiger partial charge in [0.25, 0.3) is 0 Å². The molecular weight excluding hydrogens is 612 g/mol. The monoisotopic (exact) mass is 658 g/mol. The van der Waals surface area contributed by atoms with E-state index >= 15 is 0 Å². The van der Waals surface area contributed by atoms with Gasteiger partial charge in [-0.3, -0.25) is 0 Å². The lowest BCUT2D eigenvalue weighted by Gasteiger charge is -2.37. The van der Waals surface area contributed by atoms with Crippen LogP contribution in [0.3, 0.4) is 0 Å². The van der Waals surface area contributed by atoms with Gasteiger partial charge in [-0.05, 0) is 74.6 Å². The fraction of sp³-hybridized carbons (Fsp3) is 0.429. The van der Waals surface area contributed by atoms with Crippen molar-refractivity contribution >= 4 is 46.8 Å². The Labute approximate surface area is 283 Å². The van der Waals surface area contributed by atoms with Crippen molar-refractivity contribution < 1.29 is 4.74 Å². The summed E-state index contributed by atoms with van der Waals surface area (Å²) in [4.78, 5) is 22.0. The van der Waals surface area contributed by atoms with E-state index in [9.17, 15) is 0 Å². The van der Waals surface area contributed by atoms with Crippen molar-refractivity contribution in [3.63, 3.8) is 0 Å². The van der Waals surface area contributed by atoms with Gasteiger partial charge in [0.2, 0.25) is 11.9 Å². The number of rotatable bonds is 9. The smallest absolute Gasteiger partial charge is 0.223 e. The maximum Gasteiger partial charge on any atom is 0.223 e. The molecule has 0 bridgehead atoms. The second-order valence-electron chi connectivity index (χ2n) is 11.9. The van der Waals surface area contributed by atoms with E-state index in [0.717, 1.165) is 79.2 Å². The van der Waals surface area contributed by atoms with Gasteiger partial charge in [-0.15, -0.1) is 0 Å². The number of hydrogen-bond acceptors (Lipinski definition) is 11. The molecule has 2 aromatic heterocycles. The second-order valence-corrected chi connectivity index (χ2v) is 12.3. The number of nitrogen functional groups attached to an aromatic ring is 2. The summed E-state index contributed by atoms with van der Waals surface area (Å²) in [5.41, 5.74) is 14.1. The summed E-state index contributed by atoms with van der Waals surface area (Å²) in [6, 6.07) is 21.0. The summed E-state index contributed by atoms with van der Waals surface area (Å²) in [6.45, 7) is 1.97. The number of nitrogens with one attached hydrogen (secondary N) is 2. The second kappa shape index (κ2) is 16.4. The molecule has 0 aliphatic carbocycles. The van der Waals surface area contributed by atoms with Crippen LogP contribution in [0.2, 0.25) is 5.02 Å². The molecule has 2 aliphatic heterocycles. The number of aromatic nitrogens is 4. The molecule has 47 heavy (non-hydrogen) atoms. The number of nitrogens with two attached hydrogens (primary N) is 2. The molecule has 4 aromatic rings. The quantitative estimate of drug-likeness (QED) is 0.166. The van der Waals surface area contributed by atoms with Gasteiger partial charge in [0.15, 0.2) is 0 Å². The van der Waals surface area contributed by atoms with E-state index in [1.165, 1.54) is 30.4 Å². The molecule has 11 nitrogen and oxygen atoms in total. The van der Waals surface area contributed by atoms with Crippen molar-refractivity contribution in [3.8, 4) is 5.75 Å². The molecule has 2 fully saturated rings. The molecule has 6 rings (SSSR count). The Bertz CT molecular complexity index is 1600. The highest BCUT2D eigenvalue weighted by atomic mass is 35.5. The highest BCUT2D eigenvalue weighted by Crippen LogP contribution is 2.31. The molecule has 0 amide bonds. The zero-order valence-electron chi connectivity index (χ0n) is 27.6.